The van der Waals surface area contributed by atoms with Gasteiger partial charge in [-0.05, 0) is 85.6 Å². The maximum Gasteiger partial charge on any atom is 0.338 e. The summed E-state index contributed by atoms with van der Waals surface area (Å²) in [4.78, 5) is 54.8. The predicted octanol–water partition coefficient (Wildman–Crippen LogP) is 7.46. The standard InChI is InChI=1S/C40H28F8O10/c41-22-8-4-18(14-26(22)45)36(49)53-30-31(54-37(50)19-5-9-23(42)27(46)15-19)33(56-39(52)21-7-11-25(44)29(48)17-21)35-34(57-40(58-35)12-2-1-3-13-40)32(30)55-38(51)20-6-10-24(43)28(47)16-20/h4-11,14-17,30-35H,1-3,12-13H2/t30?,31?,32-,33+,34+,35?/m0/s1. The van der Waals surface area contributed by atoms with Gasteiger partial charge in [0.05, 0.1) is 22.3 Å². The van der Waals surface area contributed by atoms with Crippen LogP contribution in [0.25, 0.3) is 0 Å². The largest absolute Gasteiger partial charge is 0.452 e. The van der Waals surface area contributed by atoms with Crippen LogP contribution in [-0.4, -0.2) is 66.3 Å². The molecule has 3 unspecified atom stereocenters. The molecule has 3 fully saturated rings. The average Bonchev–Trinajstić information content (AvgIpc) is 3.56. The van der Waals surface area contributed by atoms with E-state index in [1.54, 1.807) is 0 Å². The van der Waals surface area contributed by atoms with E-state index in [4.69, 9.17) is 28.4 Å². The molecule has 1 heterocycles. The number of rotatable bonds is 8. The first-order valence-electron chi connectivity index (χ1n) is 17.6. The first-order valence-corrected chi connectivity index (χ1v) is 17.6. The minimum atomic E-state index is -2.20. The highest BCUT2D eigenvalue weighted by molar-refractivity contribution is 5.92. The summed E-state index contributed by atoms with van der Waals surface area (Å²) in [5.41, 5.74) is -2.43. The van der Waals surface area contributed by atoms with Crippen LogP contribution in [0.15, 0.2) is 72.8 Å². The van der Waals surface area contributed by atoms with E-state index >= 15 is 0 Å². The maximum atomic E-state index is 14.3. The maximum absolute atomic E-state index is 14.3. The second-order valence-electron chi connectivity index (χ2n) is 13.6. The number of esters is 4. The lowest BCUT2D eigenvalue weighted by Gasteiger charge is -2.44. The van der Waals surface area contributed by atoms with Crippen LogP contribution in [-0.2, 0) is 28.4 Å². The van der Waals surface area contributed by atoms with Crippen molar-refractivity contribution in [2.75, 3.05) is 0 Å². The summed E-state index contributed by atoms with van der Waals surface area (Å²) in [5.74, 6) is -18.5. The van der Waals surface area contributed by atoms with Crippen LogP contribution in [0.5, 0.6) is 0 Å². The number of carbonyl (C=O) groups is 4. The molecule has 4 aromatic rings. The summed E-state index contributed by atoms with van der Waals surface area (Å²) in [6, 6.07) is 7.58. The van der Waals surface area contributed by atoms with Crippen LogP contribution >= 0.6 is 0 Å². The van der Waals surface area contributed by atoms with Gasteiger partial charge in [-0.2, -0.15) is 0 Å². The van der Waals surface area contributed by atoms with E-state index in [1.165, 1.54) is 0 Å². The monoisotopic (exact) mass is 820 g/mol. The molecule has 58 heavy (non-hydrogen) atoms. The summed E-state index contributed by atoms with van der Waals surface area (Å²) in [5, 5.41) is 0. The van der Waals surface area contributed by atoms with Crippen molar-refractivity contribution in [3.8, 4) is 0 Å². The van der Waals surface area contributed by atoms with Crippen LogP contribution in [0.3, 0.4) is 0 Å². The molecule has 3 aliphatic rings. The second-order valence-corrected chi connectivity index (χ2v) is 13.6. The van der Waals surface area contributed by atoms with Crippen molar-refractivity contribution in [2.24, 2.45) is 0 Å². The van der Waals surface area contributed by atoms with Gasteiger partial charge in [-0.25, -0.2) is 54.3 Å². The summed E-state index contributed by atoms with van der Waals surface area (Å²) in [7, 11) is 0. The van der Waals surface area contributed by atoms with Gasteiger partial charge in [0.2, 0.25) is 0 Å². The third-order valence-corrected chi connectivity index (χ3v) is 9.85. The smallest absolute Gasteiger partial charge is 0.338 e. The quantitative estimate of drug-likeness (QED) is 0.101. The lowest BCUT2D eigenvalue weighted by molar-refractivity contribution is -0.203. The molecule has 1 spiro atoms. The summed E-state index contributed by atoms with van der Waals surface area (Å²) in [6.45, 7) is 0. The fourth-order valence-electron chi connectivity index (χ4n) is 7.04. The van der Waals surface area contributed by atoms with Crippen molar-refractivity contribution in [1.82, 2.24) is 0 Å². The molecule has 1 aliphatic heterocycles. The third kappa shape index (κ3) is 8.11. The zero-order valence-electron chi connectivity index (χ0n) is 29.5. The Morgan fingerprint density at radius 2 is 0.690 bits per heavy atom. The number of hydrogen-bond acceptors (Lipinski definition) is 10. The SMILES string of the molecule is O=C(OC1C(OC(=O)c2ccc(F)c(F)c2)[C@H](OC(=O)c2ccc(F)c(F)c2)[C@H]2OC3(CCCCC3)OC2[C@@H]1OC(=O)c1ccc(F)c(F)c1)c1ccc(F)c(F)c1. The molecular formula is C40H28F8O10. The van der Waals surface area contributed by atoms with Gasteiger partial charge < -0.3 is 28.4 Å². The van der Waals surface area contributed by atoms with Gasteiger partial charge in [0, 0.05) is 12.8 Å². The Morgan fingerprint density at radius 3 is 0.966 bits per heavy atom. The van der Waals surface area contributed by atoms with Gasteiger partial charge in [0.15, 0.2) is 76.7 Å². The van der Waals surface area contributed by atoms with E-state index in [2.05, 4.69) is 0 Å². The van der Waals surface area contributed by atoms with E-state index in [1.807, 2.05) is 0 Å². The van der Waals surface area contributed by atoms with E-state index in [0.717, 1.165) is 30.7 Å². The Hall–Kier alpha value is -5.88. The molecule has 0 radical (unpaired) electrons. The average molecular weight is 821 g/mol. The Morgan fingerprint density at radius 1 is 0.414 bits per heavy atom. The van der Waals surface area contributed by atoms with Gasteiger partial charge in [-0.15, -0.1) is 0 Å². The molecule has 0 N–H and O–H groups in total. The van der Waals surface area contributed by atoms with Crippen molar-refractivity contribution in [3.05, 3.63) is 142 Å². The number of benzene rings is 4. The topological polar surface area (TPSA) is 124 Å². The van der Waals surface area contributed by atoms with Gasteiger partial charge in [-0.1, -0.05) is 6.42 Å². The van der Waals surface area contributed by atoms with Crippen LogP contribution in [0.2, 0.25) is 0 Å². The highest BCUT2D eigenvalue weighted by Crippen LogP contribution is 2.48. The third-order valence-electron chi connectivity index (χ3n) is 9.85. The first kappa shape index (κ1) is 40.3. The van der Waals surface area contributed by atoms with Crippen molar-refractivity contribution >= 4 is 23.9 Å². The van der Waals surface area contributed by atoms with Crippen molar-refractivity contribution in [1.29, 1.82) is 0 Å². The van der Waals surface area contributed by atoms with E-state index in [0.29, 0.717) is 61.4 Å². The van der Waals surface area contributed by atoms with Crippen LogP contribution < -0.4 is 0 Å². The molecule has 0 aromatic heterocycles. The molecular weight excluding hydrogens is 792 g/mol. The number of fused-ring (bicyclic) bond motifs is 1. The van der Waals surface area contributed by atoms with E-state index < -0.39 is 135 Å². The fraction of sp³-hybridized carbons (Fsp3) is 0.300. The zero-order valence-corrected chi connectivity index (χ0v) is 29.5. The van der Waals surface area contributed by atoms with Crippen molar-refractivity contribution in [2.45, 2.75) is 74.5 Å². The summed E-state index contributed by atoms with van der Waals surface area (Å²) in [6.07, 6.45) is -9.43. The fourth-order valence-corrected chi connectivity index (χ4v) is 7.04. The highest BCUT2D eigenvalue weighted by Gasteiger charge is 2.65. The highest BCUT2D eigenvalue weighted by atomic mass is 19.2. The Kier molecular flexibility index (Phi) is 11.2. The van der Waals surface area contributed by atoms with E-state index in [9.17, 15) is 54.3 Å². The number of halogens is 8. The minimum absolute atomic E-state index is 0.201. The van der Waals surface area contributed by atoms with Gasteiger partial charge >= 0.3 is 23.9 Å². The minimum Gasteiger partial charge on any atom is -0.452 e. The summed E-state index contributed by atoms with van der Waals surface area (Å²) < 4.78 is 148. The van der Waals surface area contributed by atoms with Crippen molar-refractivity contribution in [3.63, 3.8) is 0 Å². The van der Waals surface area contributed by atoms with Crippen LogP contribution in [0, 0.1) is 46.5 Å². The lowest BCUT2D eigenvalue weighted by atomic mass is 9.84. The second kappa shape index (κ2) is 16.2. The van der Waals surface area contributed by atoms with Crippen LogP contribution in [0.1, 0.15) is 73.5 Å². The number of ether oxygens (including phenoxy) is 6. The molecule has 0 amide bonds. The molecule has 7 rings (SSSR count). The van der Waals surface area contributed by atoms with Gasteiger partial charge in [-0.3, -0.25) is 0 Å². The molecule has 304 valence electrons. The molecule has 10 nitrogen and oxygen atoms in total. The van der Waals surface area contributed by atoms with Gasteiger partial charge in [0.1, 0.15) is 12.2 Å². The molecule has 18 heteroatoms. The van der Waals surface area contributed by atoms with E-state index in [-0.39, 0.29) is 12.8 Å². The van der Waals surface area contributed by atoms with Gasteiger partial charge in [0.25, 0.3) is 0 Å². The molecule has 6 atom stereocenters. The lowest BCUT2D eigenvalue weighted by Crippen LogP contribution is -2.66. The number of hydrogen-bond donors (Lipinski definition) is 0. The van der Waals surface area contributed by atoms with Crippen molar-refractivity contribution < 1.29 is 82.7 Å². The normalized spacial score (nSPS) is 23.4. The molecule has 4 aromatic carbocycles. The zero-order chi connectivity index (χ0) is 41.5. The molecule has 1 saturated heterocycles. The molecule has 0 bridgehead atoms. The Bertz CT molecular complexity index is 2130. The first-order chi connectivity index (χ1) is 27.6. The Balaban J connectivity index is 1.37. The Labute approximate surface area is 322 Å². The predicted molar refractivity (Wildman–Crippen MR) is 178 cm³/mol. The molecule has 2 aliphatic carbocycles. The molecule has 2 saturated carbocycles. The number of carbonyl (C=O) groups excluding carboxylic acids is 4. The van der Waals surface area contributed by atoms with Crippen LogP contribution in [0.4, 0.5) is 35.1 Å². The summed E-state index contributed by atoms with van der Waals surface area (Å²) >= 11 is 0.